The first-order valence-corrected chi connectivity index (χ1v) is 5.50. The van der Waals surface area contributed by atoms with E-state index in [1.165, 1.54) is 0 Å². The van der Waals surface area contributed by atoms with E-state index in [4.69, 9.17) is 5.73 Å². The van der Waals surface area contributed by atoms with Gasteiger partial charge < -0.3 is 10.6 Å². The molecular formula is C11H22N2O. The smallest absolute Gasteiger partial charge is 0.152 e. The molecule has 0 aromatic heterocycles. The van der Waals surface area contributed by atoms with Gasteiger partial charge in [0.2, 0.25) is 0 Å². The molecule has 1 heterocycles. The average molecular weight is 198 g/mol. The second-order valence-electron chi connectivity index (χ2n) is 4.72. The van der Waals surface area contributed by atoms with Gasteiger partial charge in [-0.25, -0.2) is 0 Å². The number of hydrogen-bond donors (Lipinski definition) is 1. The lowest BCUT2D eigenvalue weighted by Crippen LogP contribution is -2.45. The van der Waals surface area contributed by atoms with Crippen LogP contribution in [0.3, 0.4) is 0 Å². The molecule has 0 amide bonds. The zero-order valence-electron chi connectivity index (χ0n) is 9.49. The Morgan fingerprint density at radius 2 is 1.86 bits per heavy atom. The Morgan fingerprint density at radius 1 is 1.36 bits per heavy atom. The van der Waals surface area contributed by atoms with Crippen LogP contribution in [0.4, 0.5) is 0 Å². The molecule has 0 aromatic carbocycles. The summed E-state index contributed by atoms with van der Waals surface area (Å²) in [6.45, 7) is 6.00. The minimum Gasteiger partial charge on any atom is -0.321 e. The molecule has 1 aliphatic heterocycles. The first-order valence-electron chi connectivity index (χ1n) is 5.50. The summed E-state index contributed by atoms with van der Waals surface area (Å²) in [7, 11) is 2.12. The number of carbonyl (C=O) groups excluding carboxylic acids is 1. The Bertz CT molecular complexity index is 195. The summed E-state index contributed by atoms with van der Waals surface area (Å²) in [6, 6.07) is -0.233. The van der Waals surface area contributed by atoms with E-state index in [2.05, 4.69) is 11.9 Å². The van der Waals surface area contributed by atoms with Gasteiger partial charge in [0.05, 0.1) is 6.04 Å². The van der Waals surface area contributed by atoms with Crippen LogP contribution in [0, 0.1) is 11.8 Å². The molecule has 0 spiro atoms. The van der Waals surface area contributed by atoms with Gasteiger partial charge in [0.15, 0.2) is 5.78 Å². The van der Waals surface area contributed by atoms with Crippen LogP contribution >= 0.6 is 0 Å². The van der Waals surface area contributed by atoms with E-state index in [1.54, 1.807) is 0 Å². The molecule has 1 unspecified atom stereocenters. The zero-order valence-corrected chi connectivity index (χ0v) is 9.49. The number of rotatable bonds is 3. The Hall–Kier alpha value is -0.410. The van der Waals surface area contributed by atoms with Gasteiger partial charge in [0.1, 0.15) is 0 Å². The van der Waals surface area contributed by atoms with Gasteiger partial charge in [0.25, 0.3) is 0 Å². The zero-order chi connectivity index (χ0) is 10.7. The molecular weight excluding hydrogens is 176 g/mol. The van der Waals surface area contributed by atoms with Crippen LogP contribution in [0.1, 0.15) is 26.7 Å². The summed E-state index contributed by atoms with van der Waals surface area (Å²) < 4.78 is 0. The second-order valence-corrected chi connectivity index (χ2v) is 4.72. The molecule has 14 heavy (non-hydrogen) atoms. The Labute approximate surface area is 86.6 Å². The fourth-order valence-corrected chi connectivity index (χ4v) is 2.00. The summed E-state index contributed by atoms with van der Waals surface area (Å²) in [5.41, 5.74) is 5.97. The van der Waals surface area contributed by atoms with Gasteiger partial charge in [-0.3, -0.25) is 4.79 Å². The highest BCUT2D eigenvalue weighted by Gasteiger charge is 2.28. The predicted molar refractivity (Wildman–Crippen MR) is 58.0 cm³/mol. The van der Waals surface area contributed by atoms with Crippen molar-refractivity contribution in [1.29, 1.82) is 0 Å². The van der Waals surface area contributed by atoms with Crippen molar-refractivity contribution in [2.24, 2.45) is 17.6 Å². The molecule has 1 fully saturated rings. The summed E-state index contributed by atoms with van der Waals surface area (Å²) in [5.74, 6) is 0.699. The molecule has 3 heteroatoms. The van der Waals surface area contributed by atoms with E-state index >= 15 is 0 Å². The summed E-state index contributed by atoms with van der Waals surface area (Å²) in [6.07, 6.45) is 2.13. The highest BCUT2D eigenvalue weighted by Crippen LogP contribution is 2.20. The number of ketones is 1. The lowest BCUT2D eigenvalue weighted by Gasteiger charge is -2.32. The van der Waals surface area contributed by atoms with E-state index in [-0.39, 0.29) is 17.7 Å². The molecule has 0 aromatic rings. The molecule has 0 radical (unpaired) electrons. The van der Waals surface area contributed by atoms with E-state index in [0.29, 0.717) is 5.92 Å². The fourth-order valence-electron chi connectivity index (χ4n) is 2.00. The van der Waals surface area contributed by atoms with E-state index in [0.717, 1.165) is 25.9 Å². The molecule has 1 rings (SSSR count). The first-order chi connectivity index (χ1) is 6.52. The van der Waals surface area contributed by atoms with Crippen molar-refractivity contribution in [2.75, 3.05) is 20.1 Å². The SMILES string of the molecule is CC(C)C(=O)C(N)C1CCN(C)CC1. The van der Waals surface area contributed by atoms with Gasteiger partial charge in [-0.1, -0.05) is 13.8 Å². The quantitative estimate of drug-likeness (QED) is 0.732. The molecule has 1 saturated heterocycles. The van der Waals surface area contributed by atoms with Gasteiger partial charge in [-0.2, -0.15) is 0 Å². The third-order valence-electron chi connectivity index (χ3n) is 3.17. The largest absolute Gasteiger partial charge is 0.321 e. The Kier molecular flexibility index (Phi) is 4.08. The van der Waals surface area contributed by atoms with Crippen molar-refractivity contribution in [1.82, 2.24) is 4.90 Å². The molecule has 0 aliphatic carbocycles. The maximum atomic E-state index is 11.7. The first kappa shape index (κ1) is 11.7. The van der Waals surface area contributed by atoms with Crippen molar-refractivity contribution in [3.63, 3.8) is 0 Å². The number of carbonyl (C=O) groups is 1. The van der Waals surface area contributed by atoms with Gasteiger partial charge >= 0.3 is 0 Å². The van der Waals surface area contributed by atoms with Crippen LogP contribution in [-0.2, 0) is 4.79 Å². The van der Waals surface area contributed by atoms with Crippen molar-refractivity contribution in [2.45, 2.75) is 32.7 Å². The van der Waals surface area contributed by atoms with Crippen LogP contribution in [0.5, 0.6) is 0 Å². The highest BCUT2D eigenvalue weighted by atomic mass is 16.1. The number of Topliss-reactive ketones (excluding diaryl/α,β-unsaturated/α-hetero) is 1. The van der Waals surface area contributed by atoms with Gasteiger partial charge in [0, 0.05) is 5.92 Å². The number of nitrogens with zero attached hydrogens (tertiary/aromatic N) is 1. The lowest BCUT2D eigenvalue weighted by molar-refractivity contribution is -0.124. The summed E-state index contributed by atoms with van der Waals surface area (Å²) in [4.78, 5) is 14.0. The minimum absolute atomic E-state index is 0.0738. The number of likely N-dealkylation sites (tertiary alicyclic amines) is 1. The monoisotopic (exact) mass is 198 g/mol. The van der Waals surface area contributed by atoms with E-state index in [9.17, 15) is 4.79 Å². The van der Waals surface area contributed by atoms with Crippen LogP contribution in [0.15, 0.2) is 0 Å². The van der Waals surface area contributed by atoms with Crippen LogP contribution in [0.2, 0.25) is 0 Å². The van der Waals surface area contributed by atoms with Crippen LogP contribution in [-0.4, -0.2) is 36.9 Å². The Morgan fingerprint density at radius 3 is 2.29 bits per heavy atom. The lowest BCUT2D eigenvalue weighted by atomic mass is 9.85. The Balaban J connectivity index is 2.45. The fraction of sp³-hybridized carbons (Fsp3) is 0.909. The van der Waals surface area contributed by atoms with Gasteiger partial charge in [-0.15, -0.1) is 0 Å². The number of piperidine rings is 1. The van der Waals surface area contributed by atoms with E-state index < -0.39 is 0 Å². The third-order valence-corrected chi connectivity index (χ3v) is 3.17. The molecule has 1 atom stereocenters. The summed E-state index contributed by atoms with van der Waals surface area (Å²) >= 11 is 0. The normalized spacial score (nSPS) is 22.6. The molecule has 2 N–H and O–H groups in total. The maximum Gasteiger partial charge on any atom is 0.152 e. The van der Waals surface area contributed by atoms with Crippen LogP contribution in [0.25, 0.3) is 0 Å². The second kappa shape index (κ2) is 4.89. The molecule has 82 valence electrons. The maximum absolute atomic E-state index is 11.7. The topological polar surface area (TPSA) is 46.3 Å². The highest BCUT2D eigenvalue weighted by molar-refractivity contribution is 5.85. The van der Waals surface area contributed by atoms with Crippen LogP contribution < -0.4 is 5.73 Å². The van der Waals surface area contributed by atoms with E-state index in [1.807, 2.05) is 13.8 Å². The number of nitrogens with two attached hydrogens (primary N) is 1. The van der Waals surface area contributed by atoms with Crippen molar-refractivity contribution in [3.8, 4) is 0 Å². The predicted octanol–water partition coefficient (Wildman–Crippen LogP) is 0.881. The standard InChI is InChI=1S/C11H22N2O/c1-8(2)11(14)10(12)9-4-6-13(3)7-5-9/h8-10H,4-7,12H2,1-3H3. The van der Waals surface area contributed by atoms with Crippen molar-refractivity contribution < 1.29 is 4.79 Å². The minimum atomic E-state index is -0.233. The van der Waals surface area contributed by atoms with Gasteiger partial charge in [-0.05, 0) is 38.9 Å². The third kappa shape index (κ3) is 2.79. The molecule has 0 bridgehead atoms. The molecule has 1 aliphatic rings. The molecule has 0 saturated carbocycles. The average Bonchev–Trinajstić information content (AvgIpc) is 2.16. The number of hydrogen-bond acceptors (Lipinski definition) is 3. The molecule has 3 nitrogen and oxygen atoms in total. The summed E-state index contributed by atoms with van der Waals surface area (Å²) in [5, 5.41) is 0. The van der Waals surface area contributed by atoms with Crippen molar-refractivity contribution in [3.05, 3.63) is 0 Å². The van der Waals surface area contributed by atoms with Crippen molar-refractivity contribution >= 4 is 5.78 Å².